The van der Waals surface area contributed by atoms with Gasteiger partial charge in [-0.25, -0.2) is 4.98 Å². The van der Waals surface area contributed by atoms with Crippen LogP contribution in [0.25, 0.3) is 0 Å². The summed E-state index contributed by atoms with van der Waals surface area (Å²) in [7, 11) is 0. The fraction of sp³-hybridized carbons (Fsp3) is 0.556. The number of nitrogens with zero attached hydrogens (tertiary/aromatic N) is 3. The van der Waals surface area contributed by atoms with Crippen LogP contribution < -0.4 is 4.74 Å². The van der Waals surface area contributed by atoms with E-state index in [1.54, 1.807) is 0 Å². The van der Waals surface area contributed by atoms with E-state index in [-0.39, 0.29) is 6.10 Å². The molecule has 1 aromatic heterocycles. The van der Waals surface area contributed by atoms with Crippen molar-refractivity contribution < 1.29 is 9.47 Å². The van der Waals surface area contributed by atoms with Gasteiger partial charge in [-0.15, -0.1) is 0 Å². The van der Waals surface area contributed by atoms with Gasteiger partial charge in [0.1, 0.15) is 11.9 Å². The summed E-state index contributed by atoms with van der Waals surface area (Å²) < 4.78 is 11.6. The minimum Gasteiger partial charge on any atom is -0.494 e. The van der Waals surface area contributed by atoms with Gasteiger partial charge in [0.2, 0.25) is 0 Å². The van der Waals surface area contributed by atoms with Gasteiger partial charge in [-0.2, -0.15) is 5.10 Å². The van der Waals surface area contributed by atoms with E-state index in [0.717, 1.165) is 56.7 Å². The fourth-order valence-electron chi connectivity index (χ4n) is 2.76. The third-order valence-corrected chi connectivity index (χ3v) is 4.12. The van der Waals surface area contributed by atoms with Gasteiger partial charge in [0, 0.05) is 25.6 Å². The van der Waals surface area contributed by atoms with Crippen molar-refractivity contribution in [3.63, 3.8) is 0 Å². The maximum Gasteiger partial charge on any atom is 0.155 e. The van der Waals surface area contributed by atoms with Crippen LogP contribution in [0.3, 0.4) is 0 Å². The standard InChI is InChI=1S/C18H26N4O2/c1-14(2)17-19-18(21-20-17)16-13-22(10-12-24-16)9-6-11-23-15-7-4-3-5-8-15/h3-5,7-8,14,16H,6,9-13H2,1-2H3,(H,19,20,21)/t16-/m0/s1. The maximum atomic E-state index is 5.86. The highest BCUT2D eigenvalue weighted by Gasteiger charge is 2.24. The first kappa shape index (κ1) is 16.9. The molecule has 1 aliphatic rings. The van der Waals surface area contributed by atoms with Crippen molar-refractivity contribution in [2.75, 3.05) is 32.8 Å². The number of rotatable bonds is 7. The zero-order valence-electron chi connectivity index (χ0n) is 14.4. The number of H-pyrrole nitrogens is 1. The predicted octanol–water partition coefficient (Wildman–Crippen LogP) is 2.77. The molecule has 0 radical (unpaired) electrons. The molecule has 0 unspecified atom stereocenters. The summed E-state index contributed by atoms with van der Waals surface area (Å²) in [5.41, 5.74) is 0. The zero-order chi connectivity index (χ0) is 16.8. The van der Waals surface area contributed by atoms with Crippen molar-refractivity contribution >= 4 is 0 Å². The summed E-state index contributed by atoms with van der Waals surface area (Å²) >= 11 is 0. The van der Waals surface area contributed by atoms with E-state index in [1.165, 1.54) is 0 Å². The predicted molar refractivity (Wildman–Crippen MR) is 92.2 cm³/mol. The molecule has 130 valence electrons. The lowest BCUT2D eigenvalue weighted by atomic mass is 10.2. The molecule has 6 heteroatoms. The van der Waals surface area contributed by atoms with Crippen molar-refractivity contribution in [3.05, 3.63) is 42.0 Å². The Morgan fingerprint density at radius 3 is 2.92 bits per heavy atom. The van der Waals surface area contributed by atoms with Crippen LogP contribution in [0, 0.1) is 0 Å². The second-order valence-corrected chi connectivity index (χ2v) is 6.41. The molecule has 0 spiro atoms. The number of para-hydroxylation sites is 1. The van der Waals surface area contributed by atoms with E-state index in [0.29, 0.717) is 5.92 Å². The molecule has 1 atom stereocenters. The van der Waals surface area contributed by atoms with Crippen LogP contribution in [0.5, 0.6) is 5.75 Å². The zero-order valence-corrected chi connectivity index (χ0v) is 14.4. The number of benzene rings is 1. The summed E-state index contributed by atoms with van der Waals surface area (Å²) in [5, 5.41) is 7.30. The average Bonchev–Trinajstić information content (AvgIpc) is 3.10. The third-order valence-electron chi connectivity index (χ3n) is 4.12. The van der Waals surface area contributed by atoms with Crippen LogP contribution in [0.15, 0.2) is 30.3 Å². The minimum atomic E-state index is -0.0196. The number of aromatic amines is 1. The van der Waals surface area contributed by atoms with Crippen LogP contribution in [0.4, 0.5) is 0 Å². The van der Waals surface area contributed by atoms with Gasteiger partial charge >= 0.3 is 0 Å². The smallest absolute Gasteiger partial charge is 0.155 e. The first-order valence-electron chi connectivity index (χ1n) is 8.66. The number of morpholine rings is 1. The Balaban J connectivity index is 1.43. The number of hydrogen-bond acceptors (Lipinski definition) is 5. The second kappa shape index (κ2) is 8.26. The van der Waals surface area contributed by atoms with Crippen LogP contribution in [-0.2, 0) is 4.74 Å². The average molecular weight is 330 g/mol. The summed E-state index contributed by atoms with van der Waals surface area (Å²) in [5.74, 6) is 2.94. The Morgan fingerprint density at radius 2 is 2.17 bits per heavy atom. The molecule has 0 saturated carbocycles. The lowest BCUT2D eigenvalue weighted by Crippen LogP contribution is -2.39. The van der Waals surface area contributed by atoms with Gasteiger partial charge in [0.05, 0.1) is 13.2 Å². The van der Waals surface area contributed by atoms with E-state index >= 15 is 0 Å². The summed E-state index contributed by atoms with van der Waals surface area (Å²) in [6.07, 6.45) is 0.976. The Kier molecular flexibility index (Phi) is 5.82. The van der Waals surface area contributed by atoms with Crippen molar-refractivity contribution in [3.8, 4) is 5.75 Å². The van der Waals surface area contributed by atoms with Crippen LogP contribution in [-0.4, -0.2) is 52.9 Å². The van der Waals surface area contributed by atoms with E-state index in [4.69, 9.17) is 9.47 Å². The Hall–Kier alpha value is -1.92. The van der Waals surface area contributed by atoms with Crippen LogP contribution in [0.1, 0.15) is 43.9 Å². The molecule has 6 nitrogen and oxygen atoms in total. The Bertz CT molecular complexity index is 614. The Morgan fingerprint density at radius 1 is 1.33 bits per heavy atom. The van der Waals surface area contributed by atoms with Crippen molar-refractivity contribution in [1.29, 1.82) is 0 Å². The maximum absolute atomic E-state index is 5.86. The molecule has 1 aromatic carbocycles. The fourth-order valence-corrected chi connectivity index (χ4v) is 2.76. The molecule has 1 aliphatic heterocycles. The molecular weight excluding hydrogens is 304 g/mol. The van der Waals surface area contributed by atoms with Gasteiger partial charge < -0.3 is 9.47 Å². The van der Waals surface area contributed by atoms with Crippen molar-refractivity contribution in [2.45, 2.75) is 32.3 Å². The van der Waals surface area contributed by atoms with E-state index in [1.807, 2.05) is 30.3 Å². The van der Waals surface area contributed by atoms with E-state index in [9.17, 15) is 0 Å². The van der Waals surface area contributed by atoms with Gasteiger partial charge in [-0.05, 0) is 18.6 Å². The van der Waals surface area contributed by atoms with Gasteiger partial charge in [-0.1, -0.05) is 32.0 Å². The molecule has 1 N–H and O–H groups in total. The topological polar surface area (TPSA) is 63.3 Å². The van der Waals surface area contributed by atoms with Gasteiger partial charge in [0.25, 0.3) is 0 Å². The lowest BCUT2D eigenvalue weighted by molar-refractivity contribution is -0.0351. The monoisotopic (exact) mass is 330 g/mol. The first-order chi connectivity index (χ1) is 11.7. The summed E-state index contributed by atoms with van der Waals surface area (Å²) in [4.78, 5) is 6.96. The van der Waals surface area contributed by atoms with Gasteiger partial charge in [-0.3, -0.25) is 10.00 Å². The van der Waals surface area contributed by atoms with E-state index < -0.39 is 0 Å². The van der Waals surface area contributed by atoms with Crippen LogP contribution >= 0.6 is 0 Å². The molecule has 3 rings (SSSR count). The molecule has 2 aromatic rings. The number of hydrogen-bond donors (Lipinski definition) is 1. The SMILES string of the molecule is CC(C)c1n[nH]c([C@@H]2CN(CCCOc3ccccc3)CCO2)n1. The molecule has 1 saturated heterocycles. The summed E-state index contributed by atoms with van der Waals surface area (Å²) in [6, 6.07) is 9.95. The Labute approximate surface area is 143 Å². The second-order valence-electron chi connectivity index (χ2n) is 6.41. The number of ether oxygens (including phenoxy) is 2. The highest BCUT2D eigenvalue weighted by molar-refractivity contribution is 5.20. The largest absolute Gasteiger partial charge is 0.494 e. The quantitative estimate of drug-likeness (QED) is 0.791. The summed E-state index contributed by atoms with van der Waals surface area (Å²) in [6.45, 7) is 8.43. The normalized spacial score (nSPS) is 18.9. The van der Waals surface area contributed by atoms with Crippen molar-refractivity contribution in [2.24, 2.45) is 0 Å². The molecule has 0 bridgehead atoms. The third kappa shape index (κ3) is 4.55. The molecular formula is C18H26N4O2. The highest BCUT2D eigenvalue weighted by atomic mass is 16.5. The minimum absolute atomic E-state index is 0.0196. The highest BCUT2D eigenvalue weighted by Crippen LogP contribution is 2.20. The van der Waals surface area contributed by atoms with Crippen molar-refractivity contribution in [1.82, 2.24) is 20.1 Å². The molecule has 1 fully saturated rings. The van der Waals surface area contributed by atoms with Gasteiger partial charge in [0.15, 0.2) is 11.6 Å². The first-order valence-corrected chi connectivity index (χ1v) is 8.66. The molecule has 0 amide bonds. The number of aromatic nitrogens is 3. The number of nitrogens with one attached hydrogen (secondary N) is 1. The molecule has 24 heavy (non-hydrogen) atoms. The molecule has 2 heterocycles. The lowest BCUT2D eigenvalue weighted by Gasteiger charge is -2.31. The van der Waals surface area contributed by atoms with E-state index in [2.05, 4.69) is 33.9 Å². The molecule has 0 aliphatic carbocycles. The van der Waals surface area contributed by atoms with Crippen LogP contribution in [0.2, 0.25) is 0 Å².